The Morgan fingerprint density at radius 3 is 2.34 bits per heavy atom. The van der Waals surface area contributed by atoms with Crippen molar-refractivity contribution in [3.8, 4) is 0 Å². The number of carbonyl (C=O) groups excluding carboxylic acids is 6. The van der Waals surface area contributed by atoms with E-state index in [0.717, 1.165) is 46.2 Å². The van der Waals surface area contributed by atoms with Crippen LogP contribution in [0.2, 0.25) is 0 Å². The van der Waals surface area contributed by atoms with Crippen LogP contribution in [0.15, 0.2) is 23.8 Å². The molecule has 8 amide bonds. The molecule has 41 heavy (non-hydrogen) atoms. The predicted molar refractivity (Wildman–Crippen MR) is 150 cm³/mol. The second-order valence-electron chi connectivity index (χ2n) is 11.4. The summed E-state index contributed by atoms with van der Waals surface area (Å²) in [5, 5.41) is 2.26. The van der Waals surface area contributed by atoms with Crippen molar-refractivity contribution in [1.29, 1.82) is 0 Å². The quantitative estimate of drug-likeness (QED) is 0.238. The minimum Gasteiger partial charge on any atom is -0.364 e. The van der Waals surface area contributed by atoms with Gasteiger partial charge in [0.05, 0.1) is 6.04 Å². The van der Waals surface area contributed by atoms with Crippen LogP contribution < -0.4 is 10.2 Å². The molecule has 1 spiro atoms. The van der Waals surface area contributed by atoms with Crippen molar-refractivity contribution in [2.75, 3.05) is 52.2 Å². The standard InChI is InChI=1S/C29H36N6O6/c1-5-6-7-8-11-35-24(37)20(23(36)30-27(35)40)15-18-9-10-21-19(14-18)16-29(22-17-31(2)12-13-34(21)22)25(38)32(3)28(41)33(4)26(29)39/h9-10,14-15,22H,5-8,11-13,16-17H2,1-4H3,(H,30,36,40)/b20-15+/t22-/m1/s1. The fraction of sp³-hybridized carbons (Fsp3) is 0.517. The summed E-state index contributed by atoms with van der Waals surface area (Å²) >= 11 is 0. The fourth-order valence-corrected chi connectivity index (χ4v) is 6.45. The number of hydrogen-bond acceptors (Lipinski definition) is 8. The van der Waals surface area contributed by atoms with Gasteiger partial charge in [-0.2, -0.15) is 0 Å². The first-order chi connectivity index (χ1) is 19.5. The molecular weight excluding hydrogens is 528 g/mol. The Kier molecular flexibility index (Phi) is 7.45. The summed E-state index contributed by atoms with van der Waals surface area (Å²) in [5.74, 6) is -2.49. The number of anilines is 1. The normalized spacial score (nSPS) is 23.9. The Labute approximate surface area is 238 Å². The van der Waals surface area contributed by atoms with Gasteiger partial charge in [0, 0.05) is 46.0 Å². The summed E-state index contributed by atoms with van der Waals surface area (Å²) in [6.07, 6.45) is 5.02. The van der Waals surface area contributed by atoms with E-state index in [-0.39, 0.29) is 18.5 Å². The van der Waals surface area contributed by atoms with E-state index in [1.54, 1.807) is 12.1 Å². The van der Waals surface area contributed by atoms with Crippen LogP contribution in [0.5, 0.6) is 0 Å². The highest BCUT2D eigenvalue weighted by Gasteiger charge is 2.63. The van der Waals surface area contributed by atoms with Gasteiger partial charge >= 0.3 is 12.1 Å². The summed E-state index contributed by atoms with van der Waals surface area (Å²) in [5.41, 5.74) is 0.432. The zero-order valence-corrected chi connectivity index (χ0v) is 23.9. The number of nitrogens with one attached hydrogen (secondary N) is 1. The number of amides is 8. The van der Waals surface area contributed by atoms with Gasteiger partial charge in [0.15, 0.2) is 5.41 Å². The number of rotatable bonds is 6. The fourth-order valence-electron chi connectivity index (χ4n) is 6.45. The zero-order valence-electron chi connectivity index (χ0n) is 23.9. The number of piperazine rings is 1. The van der Waals surface area contributed by atoms with E-state index in [1.165, 1.54) is 20.2 Å². The molecule has 0 unspecified atom stereocenters. The number of carbonyl (C=O) groups is 6. The van der Waals surface area contributed by atoms with Crippen LogP contribution in [0.3, 0.4) is 0 Å². The molecule has 0 saturated carbocycles. The molecule has 12 heteroatoms. The van der Waals surface area contributed by atoms with Gasteiger partial charge in [0.25, 0.3) is 11.8 Å². The average molecular weight is 565 g/mol. The van der Waals surface area contributed by atoms with Crippen molar-refractivity contribution in [1.82, 2.24) is 24.9 Å². The Hall–Kier alpha value is -4.06. The zero-order chi connectivity index (χ0) is 29.6. The first-order valence-electron chi connectivity index (χ1n) is 14.1. The smallest absolute Gasteiger partial charge is 0.332 e. The molecule has 5 rings (SSSR count). The third-order valence-corrected chi connectivity index (χ3v) is 8.71. The number of unbranched alkanes of at least 4 members (excludes halogenated alkanes) is 3. The maximum atomic E-state index is 13.8. The Balaban J connectivity index is 1.52. The third kappa shape index (κ3) is 4.59. The number of benzene rings is 1. The summed E-state index contributed by atoms with van der Waals surface area (Å²) in [6.45, 7) is 4.06. The van der Waals surface area contributed by atoms with E-state index in [2.05, 4.69) is 22.0 Å². The van der Waals surface area contributed by atoms with E-state index in [4.69, 9.17) is 0 Å². The molecule has 1 atom stereocenters. The number of nitrogens with zero attached hydrogens (tertiary/aromatic N) is 5. The summed E-state index contributed by atoms with van der Waals surface area (Å²) in [6, 6.07) is 3.57. The maximum absolute atomic E-state index is 13.8. The van der Waals surface area contributed by atoms with Crippen molar-refractivity contribution in [2.24, 2.45) is 5.41 Å². The van der Waals surface area contributed by atoms with Gasteiger partial charge in [-0.25, -0.2) is 9.59 Å². The maximum Gasteiger partial charge on any atom is 0.332 e. The molecule has 1 aromatic carbocycles. The molecule has 3 fully saturated rings. The van der Waals surface area contributed by atoms with Crippen LogP contribution in [0.1, 0.15) is 43.7 Å². The Bertz CT molecular complexity index is 1350. The molecule has 0 aliphatic carbocycles. The lowest BCUT2D eigenvalue weighted by Gasteiger charge is -2.55. The van der Waals surface area contributed by atoms with Gasteiger partial charge in [-0.15, -0.1) is 0 Å². The van der Waals surface area contributed by atoms with Crippen molar-refractivity contribution < 1.29 is 28.8 Å². The minimum absolute atomic E-state index is 0.0656. The van der Waals surface area contributed by atoms with Crippen LogP contribution >= 0.6 is 0 Å². The van der Waals surface area contributed by atoms with Crippen LogP contribution in [-0.2, 0) is 25.6 Å². The lowest BCUT2D eigenvalue weighted by atomic mass is 9.67. The first kappa shape index (κ1) is 28.5. The molecule has 12 nitrogen and oxygen atoms in total. The van der Waals surface area contributed by atoms with E-state index < -0.39 is 47.1 Å². The first-order valence-corrected chi connectivity index (χ1v) is 14.1. The van der Waals surface area contributed by atoms with Gasteiger partial charge in [0.2, 0.25) is 11.8 Å². The molecule has 0 radical (unpaired) electrons. The molecule has 4 aliphatic heterocycles. The number of hydrogen-bond donors (Lipinski definition) is 1. The molecule has 4 aliphatic rings. The Morgan fingerprint density at radius 2 is 1.66 bits per heavy atom. The summed E-state index contributed by atoms with van der Waals surface area (Å²) in [7, 11) is 4.73. The van der Waals surface area contributed by atoms with Crippen LogP contribution in [0.25, 0.3) is 6.08 Å². The van der Waals surface area contributed by atoms with E-state index >= 15 is 0 Å². The highest BCUT2D eigenvalue weighted by Crippen LogP contribution is 2.47. The van der Waals surface area contributed by atoms with Crippen molar-refractivity contribution in [3.05, 3.63) is 34.9 Å². The van der Waals surface area contributed by atoms with Gasteiger partial charge in [-0.1, -0.05) is 32.3 Å². The molecule has 0 bridgehead atoms. The van der Waals surface area contributed by atoms with Gasteiger partial charge in [-0.3, -0.25) is 39.2 Å². The minimum atomic E-state index is -1.51. The highest BCUT2D eigenvalue weighted by atomic mass is 16.2. The molecule has 1 N–H and O–H groups in total. The van der Waals surface area contributed by atoms with E-state index in [1.807, 2.05) is 13.1 Å². The second-order valence-corrected chi connectivity index (χ2v) is 11.4. The molecular formula is C29H36N6O6. The number of urea groups is 2. The largest absolute Gasteiger partial charge is 0.364 e. The molecule has 0 aromatic heterocycles. The average Bonchev–Trinajstić information content (AvgIpc) is 2.95. The van der Waals surface area contributed by atoms with Crippen LogP contribution in [0.4, 0.5) is 15.3 Å². The number of likely N-dealkylation sites (N-methyl/N-ethyl adjacent to an activating group) is 1. The van der Waals surface area contributed by atoms with Gasteiger partial charge < -0.3 is 9.80 Å². The third-order valence-electron chi connectivity index (χ3n) is 8.71. The molecule has 218 valence electrons. The van der Waals surface area contributed by atoms with Crippen molar-refractivity contribution >= 4 is 47.5 Å². The lowest BCUT2D eigenvalue weighted by Crippen LogP contribution is -2.74. The van der Waals surface area contributed by atoms with E-state index in [0.29, 0.717) is 30.6 Å². The molecule has 1 aromatic rings. The van der Waals surface area contributed by atoms with Crippen LogP contribution in [-0.4, -0.2) is 109 Å². The summed E-state index contributed by atoms with van der Waals surface area (Å²) < 4.78 is 0. The lowest BCUT2D eigenvalue weighted by molar-refractivity contribution is -0.160. The SMILES string of the molecule is CCCCCCN1C(=O)NC(=O)/C(=C\c2ccc3c(c2)CC2(C(=O)N(C)C(=O)N(C)C2=O)[C@H]2CN(C)CCN32)C1=O. The van der Waals surface area contributed by atoms with Gasteiger partial charge in [0.1, 0.15) is 5.57 Å². The number of imide groups is 4. The predicted octanol–water partition coefficient (Wildman–Crippen LogP) is 1.44. The Morgan fingerprint density at radius 1 is 0.951 bits per heavy atom. The molecule has 4 heterocycles. The van der Waals surface area contributed by atoms with Crippen molar-refractivity contribution in [2.45, 2.75) is 45.1 Å². The highest BCUT2D eigenvalue weighted by molar-refractivity contribution is 6.31. The van der Waals surface area contributed by atoms with Crippen molar-refractivity contribution in [3.63, 3.8) is 0 Å². The van der Waals surface area contributed by atoms with Crippen LogP contribution in [0, 0.1) is 5.41 Å². The topological polar surface area (TPSA) is 131 Å². The molecule has 3 saturated heterocycles. The number of fused-ring (bicyclic) bond motifs is 4. The number of barbiturate groups is 2. The van der Waals surface area contributed by atoms with Gasteiger partial charge in [-0.05, 0) is 49.2 Å². The van der Waals surface area contributed by atoms with E-state index in [9.17, 15) is 28.8 Å². The monoisotopic (exact) mass is 564 g/mol. The summed E-state index contributed by atoms with van der Waals surface area (Å²) in [4.78, 5) is 85.7. The second kappa shape index (κ2) is 10.7.